The van der Waals surface area contributed by atoms with Gasteiger partial charge in [0, 0.05) is 36.1 Å². The average molecular weight is 620 g/mol. The predicted octanol–water partition coefficient (Wildman–Crippen LogP) is 6.94. The molecule has 3 aromatic rings. The van der Waals surface area contributed by atoms with Gasteiger partial charge in [-0.15, -0.1) is 0 Å². The van der Waals surface area contributed by atoms with Gasteiger partial charge in [0.1, 0.15) is 23.8 Å². The van der Waals surface area contributed by atoms with Gasteiger partial charge < -0.3 is 24.6 Å². The van der Waals surface area contributed by atoms with Crippen LogP contribution in [0.15, 0.2) is 60.8 Å². The molecule has 11 heteroatoms. The average Bonchev–Trinajstić information content (AvgIpc) is 3.32. The third-order valence-electron chi connectivity index (χ3n) is 6.92. The number of alkyl carbamates (subject to hydrolysis) is 1. The van der Waals surface area contributed by atoms with Gasteiger partial charge in [-0.25, -0.2) is 22.4 Å². The predicted molar refractivity (Wildman–Crippen MR) is 160 cm³/mol. The molecule has 0 aliphatic heterocycles. The molecular weight excluding hydrogens is 578 g/mol. The Balaban J connectivity index is 2.09. The molecule has 0 aliphatic carbocycles. The lowest BCUT2D eigenvalue weighted by Gasteiger charge is -2.41. The largest absolute Gasteiger partial charge is 0.444 e. The van der Waals surface area contributed by atoms with Gasteiger partial charge in [0.15, 0.2) is 0 Å². The van der Waals surface area contributed by atoms with E-state index in [1.807, 2.05) is 55.7 Å². The fourth-order valence-electron chi connectivity index (χ4n) is 5.10. The SMILES string of the molecule is CC(C)(C)OC(=O)N[C@H](CCN(C(=O)CO)[C@@H](c1cc(-c2cc(F)ccc2F)cn1Cc1ccccc1)C(C)(C)C)C(F)F. The molecule has 0 saturated heterocycles. The van der Waals surface area contributed by atoms with Gasteiger partial charge in [-0.2, -0.15) is 0 Å². The minimum atomic E-state index is -2.97. The number of alkyl halides is 2. The van der Waals surface area contributed by atoms with Crippen molar-refractivity contribution in [2.45, 2.75) is 78.6 Å². The summed E-state index contributed by atoms with van der Waals surface area (Å²) in [6, 6.07) is 11.7. The quantitative estimate of drug-likeness (QED) is 0.228. The number of carbonyl (C=O) groups excluding carboxylic acids is 2. The molecule has 3 rings (SSSR count). The second-order valence-electron chi connectivity index (χ2n) is 12.8. The molecule has 2 amide bonds. The summed E-state index contributed by atoms with van der Waals surface area (Å²) in [5, 5.41) is 12.1. The number of aliphatic hydroxyl groups is 1. The van der Waals surface area contributed by atoms with Crippen LogP contribution in [0, 0.1) is 17.0 Å². The maximum Gasteiger partial charge on any atom is 0.408 e. The van der Waals surface area contributed by atoms with Crippen molar-refractivity contribution in [1.29, 1.82) is 0 Å². The zero-order valence-electron chi connectivity index (χ0n) is 25.9. The van der Waals surface area contributed by atoms with Gasteiger partial charge in [-0.05, 0) is 62.4 Å². The van der Waals surface area contributed by atoms with E-state index in [0.29, 0.717) is 17.8 Å². The van der Waals surface area contributed by atoms with E-state index in [0.717, 1.165) is 23.8 Å². The first kappa shape index (κ1) is 34.6. The number of benzene rings is 2. The molecule has 44 heavy (non-hydrogen) atoms. The van der Waals surface area contributed by atoms with Crippen LogP contribution in [0.25, 0.3) is 11.1 Å². The third kappa shape index (κ3) is 9.32. The van der Waals surface area contributed by atoms with E-state index < -0.39 is 59.8 Å². The molecule has 0 radical (unpaired) electrons. The maximum atomic E-state index is 14.9. The molecule has 1 aromatic heterocycles. The first-order valence-electron chi connectivity index (χ1n) is 14.4. The topological polar surface area (TPSA) is 83.8 Å². The first-order valence-corrected chi connectivity index (χ1v) is 14.4. The number of aliphatic hydroxyl groups excluding tert-OH is 1. The summed E-state index contributed by atoms with van der Waals surface area (Å²) in [6.45, 7) is 9.52. The van der Waals surface area contributed by atoms with Crippen LogP contribution in [0.4, 0.5) is 22.4 Å². The Morgan fingerprint density at radius 1 is 1.00 bits per heavy atom. The Morgan fingerprint density at radius 2 is 1.66 bits per heavy atom. The van der Waals surface area contributed by atoms with Crippen LogP contribution in [-0.4, -0.2) is 57.8 Å². The van der Waals surface area contributed by atoms with E-state index >= 15 is 0 Å². The third-order valence-corrected chi connectivity index (χ3v) is 6.92. The van der Waals surface area contributed by atoms with Crippen molar-refractivity contribution >= 4 is 12.0 Å². The van der Waals surface area contributed by atoms with E-state index in [1.54, 1.807) is 33.0 Å². The number of carbonyl (C=O) groups is 2. The molecule has 0 unspecified atom stereocenters. The number of hydrogen-bond donors (Lipinski definition) is 2. The maximum absolute atomic E-state index is 14.9. The van der Waals surface area contributed by atoms with Gasteiger partial charge in [0.05, 0.1) is 12.1 Å². The number of halogens is 4. The van der Waals surface area contributed by atoms with Crippen molar-refractivity contribution in [3.05, 3.63) is 83.7 Å². The first-order chi connectivity index (χ1) is 20.5. The number of amides is 2. The molecule has 2 atom stereocenters. The molecule has 240 valence electrons. The Labute approximate surface area is 255 Å². The molecular formula is C33H41F4N3O4. The number of ether oxygens (including phenoxy) is 1. The molecule has 1 heterocycles. The van der Waals surface area contributed by atoms with Crippen LogP contribution in [0.2, 0.25) is 0 Å². The molecule has 0 fully saturated rings. The summed E-state index contributed by atoms with van der Waals surface area (Å²) in [6.07, 6.45) is -2.67. The minimum absolute atomic E-state index is 0.0186. The van der Waals surface area contributed by atoms with Gasteiger partial charge in [-0.3, -0.25) is 4.79 Å². The van der Waals surface area contributed by atoms with Crippen LogP contribution in [-0.2, 0) is 16.1 Å². The Morgan fingerprint density at radius 3 is 2.23 bits per heavy atom. The lowest BCUT2D eigenvalue weighted by molar-refractivity contribution is -0.139. The highest BCUT2D eigenvalue weighted by Crippen LogP contribution is 2.41. The zero-order valence-corrected chi connectivity index (χ0v) is 25.9. The molecule has 2 aromatic carbocycles. The van der Waals surface area contributed by atoms with E-state index in [4.69, 9.17) is 4.74 Å². The Bertz CT molecular complexity index is 1410. The fourth-order valence-corrected chi connectivity index (χ4v) is 5.10. The van der Waals surface area contributed by atoms with Crippen LogP contribution >= 0.6 is 0 Å². The lowest BCUT2D eigenvalue weighted by atomic mass is 9.82. The van der Waals surface area contributed by atoms with Crippen molar-refractivity contribution in [1.82, 2.24) is 14.8 Å². The van der Waals surface area contributed by atoms with E-state index in [1.165, 1.54) is 4.90 Å². The molecule has 0 saturated carbocycles. The highest BCUT2D eigenvalue weighted by molar-refractivity contribution is 5.78. The summed E-state index contributed by atoms with van der Waals surface area (Å²) in [5.74, 6) is -1.99. The summed E-state index contributed by atoms with van der Waals surface area (Å²) in [4.78, 5) is 26.9. The smallest absolute Gasteiger partial charge is 0.408 e. The van der Waals surface area contributed by atoms with E-state index in [2.05, 4.69) is 5.32 Å². The van der Waals surface area contributed by atoms with E-state index in [9.17, 15) is 32.3 Å². The molecule has 7 nitrogen and oxygen atoms in total. The lowest BCUT2D eigenvalue weighted by Crippen LogP contribution is -2.48. The van der Waals surface area contributed by atoms with Gasteiger partial charge in [0.25, 0.3) is 6.43 Å². The number of nitrogens with one attached hydrogen (secondary N) is 1. The Kier molecular flexibility index (Phi) is 11.2. The number of aromatic nitrogens is 1. The fraction of sp³-hybridized carbons (Fsp3) is 0.455. The van der Waals surface area contributed by atoms with Crippen molar-refractivity contribution in [3.8, 4) is 11.1 Å². The van der Waals surface area contributed by atoms with Crippen molar-refractivity contribution in [3.63, 3.8) is 0 Å². The minimum Gasteiger partial charge on any atom is -0.444 e. The van der Waals surface area contributed by atoms with Crippen LogP contribution in [0.5, 0.6) is 0 Å². The van der Waals surface area contributed by atoms with Gasteiger partial charge in [-0.1, -0.05) is 51.1 Å². The summed E-state index contributed by atoms with van der Waals surface area (Å²) in [7, 11) is 0. The van der Waals surface area contributed by atoms with Crippen molar-refractivity contribution in [2.24, 2.45) is 5.41 Å². The van der Waals surface area contributed by atoms with Gasteiger partial charge in [0.2, 0.25) is 5.91 Å². The highest BCUT2D eigenvalue weighted by Gasteiger charge is 2.38. The number of hydrogen-bond acceptors (Lipinski definition) is 4. The number of rotatable bonds is 11. The van der Waals surface area contributed by atoms with Crippen molar-refractivity contribution < 1.29 is 37.0 Å². The second kappa shape index (κ2) is 14.3. The molecule has 0 bridgehead atoms. The van der Waals surface area contributed by atoms with Crippen LogP contribution in [0.1, 0.15) is 65.3 Å². The van der Waals surface area contributed by atoms with Crippen LogP contribution < -0.4 is 5.32 Å². The van der Waals surface area contributed by atoms with Gasteiger partial charge >= 0.3 is 6.09 Å². The van der Waals surface area contributed by atoms with Crippen LogP contribution in [0.3, 0.4) is 0 Å². The normalized spacial score (nSPS) is 13.5. The summed E-state index contributed by atoms with van der Waals surface area (Å²) >= 11 is 0. The molecule has 2 N–H and O–H groups in total. The standard InChI is InChI=1S/C33H41F4N3O4/c1-32(2,3)29(40(28(42)20-41)15-14-26(30(36)37)38-31(43)44-33(4,5)6)27-16-22(24-17-23(34)12-13-25(24)35)19-39(27)18-21-10-8-7-9-11-21/h7-13,16-17,19,26,29-30,41H,14-15,18,20H2,1-6H3,(H,38,43)/t26-,29+/m1/s1. The Hall–Kier alpha value is -3.86. The summed E-state index contributed by atoms with van der Waals surface area (Å²) in [5.41, 5.74) is 0.156. The monoisotopic (exact) mass is 619 g/mol. The second-order valence-corrected chi connectivity index (χ2v) is 12.8. The number of nitrogens with zero attached hydrogens (tertiary/aromatic N) is 2. The molecule has 0 aliphatic rings. The zero-order chi connectivity index (χ0) is 32.8. The van der Waals surface area contributed by atoms with E-state index in [-0.39, 0.29) is 18.5 Å². The molecule has 0 spiro atoms. The van der Waals surface area contributed by atoms with Crippen molar-refractivity contribution in [2.75, 3.05) is 13.2 Å². The highest BCUT2D eigenvalue weighted by atomic mass is 19.3. The summed E-state index contributed by atoms with van der Waals surface area (Å²) < 4.78 is 64.1.